The maximum atomic E-state index is 14.2. The standard InChI is InChI=1S/C31H33ClN2O2S.C2H2.CH5N/c1-4-36-27-15-14-22(23-16-20(2)33-21(3)17-23)18-24(27)19-34(25-10-6-5-7-11-25)31(35)30-29(32)26-12-8-9-13-28(26)37-30;2*1-2/h8-9,12-18,25H,4-7,10-11,19H2,1-3H3;1-2H;2H2,1H3. The second-order valence-electron chi connectivity index (χ2n) is 9.86. The van der Waals surface area contributed by atoms with Crippen LogP contribution in [0, 0.1) is 26.7 Å². The van der Waals surface area contributed by atoms with Gasteiger partial charge in [0.15, 0.2) is 0 Å². The molecule has 1 saturated carbocycles. The summed E-state index contributed by atoms with van der Waals surface area (Å²) in [5.41, 5.74) is 9.72. The predicted octanol–water partition coefficient (Wildman–Crippen LogP) is 8.43. The molecule has 0 radical (unpaired) electrons. The van der Waals surface area contributed by atoms with Gasteiger partial charge in [0.2, 0.25) is 0 Å². The van der Waals surface area contributed by atoms with Crippen molar-refractivity contribution in [3.8, 4) is 29.7 Å². The van der Waals surface area contributed by atoms with Gasteiger partial charge < -0.3 is 15.4 Å². The van der Waals surface area contributed by atoms with Crippen LogP contribution in [0.25, 0.3) is 21.2 Å². The quantitative estimate of drug-likeness (QED) is 0.220. The minimum absolute atomic E-state index is 0.0153. The van der Waals surface area contributed by atoms with Crippen LogP contribution in [0.1, 0.15) is 65.7 Å². The van der Waals surface area contributed by atoms with Crippen LogP contribution in [0.4, 0.5) is 0 Å². The Labute approximate surface area is 253 Å². The normalized spacial score (nSPS) is 13.0. The zero-order chi connectivity index (χ0) is 29.9. The number of aryl methyl sites for hydroxylation is 2. The molecule has 0 saturated heterocycles. The van der Waals surface area contributed by atoms with Crippen LogP contribution in [0.5, 0.6) is 5.75 Å². The largest absolute Gasteiger partial charge is 0.494 e. The Morgan fingerprint density at radius 3 is 2.32 bits per heavy atom. The van der Waals surface area contributed by atoms with E-state index in [1.165, 1.54) is 24.8 Å². The Morgan fingerprint density at radius 1 is 1.02 bits per heavy atom. The van der Waals surface area contributed by atoms with E-state index in [-0.39, 0.29) is 11.9 Å². The Kier molecular flexibility index (Phi) is 12.2. The first-order valence-electron chi connectivity index (χ1n) is 14.0. The van der Waals surface area contributed by atoms with E-state index in [9.17, 15) is 4.79 Å². The van der Waals surface area contributed by atoms with Crippen LogP contribution >= 0.6 is 22.9 Å². The van der Waals surface area contributed by atoms with Gasteiger partial charge in [-0.3, -0.25) is 9.78 Å². The number of nitrogens with two attached hydrogens (primary N) is 1. The second kappa shape index (κ2) is 15.6. The molecular formula is C34H40ClN3O2S. The molecule has 1 aliphatic rings. The van der Waals surface area contributed by atoms with Crippen LogP contribution in [-0.2, 0) is 6.54 Å². The highest BCUT2D eigenvalue weighted by Crippen LogP contribution is 2.38. The van der Waals surface area contributed by atoms with E-state index in [0.29, 0.717) is 23.1 Å². The van der Waals surface area contributed by atoms with Gasteiger partial charge in [0.05, 0.1) is 11.6 Å². The number of carbonyl (C=O) groups excluding carboxylic acids is 1. The molecule has 2 heterocycles. The summed E-state index contributed by atoms with van der Waals surface area (Å²) in [5, 5.41) is 1.51. The van der Waals surface area contributed by atoms with Crippen LogP contribution in [0.2, 0.25) is 5.02 Å². The van der Waals surface area contributed by atoms with Gasteiger partial charge in [-0.05, 0) is 82.1 Å². The van der Waals surface area contributed by atoms with Crippen molar-refractivity contribution in [3.05, 3.63) is 81.4 Å². The summed E-state index contributed by atoms with van der Waals surface area (Å²) in [5.74, 6) is 0.839. The van der Waals surface area contributed by atoms with Crippen LogP contribution < -0.4 is 10.5 Å². The highest BCUT2D eigenvalue weighted by atomic mass is 35.5. The molecule has 1 fully saturated rings. The number of aromatic nitrogens is 1. The van der Waals surface area contributed by atoms with Gasteiger partial charge in [-0.1, -0.05) is 55.1 Å². The van der Waals surface area contributed by atoms with Gasteiger partial charge in [0.25, 0.3) is 5.91 Å². The molecule has 2 N–H and O–H groups in total. The molecule has 1 aliphatic carbocycles. The number of benzene rings is 2. The molecule has 216 valence electrons. The fourth-order valence-electron chi connectivity index (χ4n) is 5.41. The number of fused-ring (bicyclic) bond motifs is 1. The van der Waals surface area contributed by atoms with Gasteiger partial charge in [0, 0.05) is 39.6 Å². The maximum absolute atomic E-state index is 14.2. The van der Waals surface area contributed by atoms with Crippen molar-refractivity contribution >= 4 is 38.9 Å². The van der Waals surface area contributed by atoms with Crippen molar-refractivity contribution < 1.29 is 9.53 Å². The van der Waals surface area contributed by atoms with Crippen LogP contribution in [0.3, 0.4) is 0 Å². The van der Waals surface area contributed by atoms with Gasteiger partial charge in [0.1, 0.15) is 10.6 Å². The lowest BCUT2D eigenvalue weighted by atomic mass is 9.93. The van der Waals surface area contributed by atoms with Crippen molar-refractivity contribution in [2.24, 2.45) is 5.73 Å². The summed E-state index contributed by atoms with van der Waals surface area (Å²) in [6.45, 7) is 7.09. The lowest BCUT2D eigenvalue weighted by Gasteiger charge is -2.35. The fraction of sp³-hybridized carbons (Fsp3) is 0.353. The third-order valence-electron chi connectivity index (χ3n) is 7.12. The van der Waals surface area contributed by atoms with Crippen LogP contribution in [0.15, 0.2) is 54.6 Å². The SMILES string of the molecule is C#C.CCOc1ccc(-c2cc(C)nc(C)c2)cc1CN(C(=O)c1sc2ccccc2c1Cl)C1CCCCC1.CN. The van der Waals surface area contributed by atoms with Crippen molar-refractivity contribution in [2.45, 2.75) is 65.5 Å². The molecule has 0 spiro atoms. The average Bonchev–Trinajstić information content (AvgIpc) is 3.34. The summed E-state index contributed by atoms with van der Waals surface area (Å²) in [6, 6.07) is 18.7. The Hall–Kier alpha value is -3.37. The number of rotatable bonds is 7. The molecule has 0 aliphatic heterocycles. The maximum Gasteiger partial charge on any atom is 0.266 e. The molecule has 5 rings (SSSR count). The van der Waals surface area contributed by atoms with Crippen molar-refractivity contribution in [1.82, 2.24) is 9.88 Å². The van der Waals surface area contributed by atoms with E-state index in [4.69, 9.17) is 16.3 Å². The zero-order valence-corrected chi connectivity index (χ0v) is 26.0. The summed E-state index contributed by atoms with van der Waals surface area (Å²) < 4.78 is 7.09. The smallest absolute Gasteiger partial charge is 0.266 e. The van der Waals surface area contributed by atoms with Crippen LogP contribution in [-0.4, -0.2) is 35.5 Å². The lowest BCUT2D eigenvalue weighted by molar-refractivity contribution is 0.0617. The minimum atomic E-state index is 0.0153. The molecule has 41 heavy (non-hydrogen) atoms. The number of amides is 1. The van der Waals surface area contributed by atoms with E-state index in [2.05, 4.69) is 52.7 Å². The number of halogens is 1. The summed E-state index contributed by atoms with van der Waals surface area (Å²) in [4.78, 5) is 21.4. The number of hydrogen-bond acceptors (Lipinski definition) is 5. The molecule has 2 aromatic carbocycles. The predicted molar refractivity (Wildman–Crippen MR) is 174 cm³/mol. The average molecular weight is 590 g/mol. The van der Waals surface area contributed by atoms with E-state index in [1.54, 1.807) is 0 Å². The number of terminal acetylenes is 1. The third-order valence-corrected chi connectivity index (χ3v) is 8.78. The Morgan fingerprint density at radius 2 is 1.68 bits per heavy atom. The summed E-state index contributed by atoms with van der Waals surface area (Å²) >= 11 is 8.28. The Balaban J connectivity index is 0.00000111. The van der Waals surface area contributed by atoms with Gasteiger partial charge >= 0.3 is 0 Å². The monoisotopic (exact) mass is 589 g/mol. The van der Waals surface area contributed by atoms with E-state index in [0.717, 1.165) is 69.6 Å². The molecule has 5 nitrogen and oxygen atoms in total. The number of hydrogen-bond donors (Lipinski definition) is 1. The molecule has 7 heteroatoms. The van der Waals surface area contributed by atoms with Gasteiger partial charge in [-0.15, -0.1) is 24.2 Å². The number of ether oxygens (including phenoxy) is 1. The number of carbonyl (C=O) groups is 1. The molecular weight excluding hydrogens is 550 g/mol. The fourth-order valence-corrected chi connectivity index (χ4v) is 6.87. The summed E-state index contributed by atoms with van der Waals surface area (Å²) in [6.07, 6.45) is 13.5. The van der Waals surface area contributed by atoms with E-state index >= 15 is 0 Å². The van der Waals surface area contributed by atoms with E-state index < -0.39 is 0 Å². The number of thiophene rings is 1. The van der Waals surface area contributed by atoms with Gasteiger partial charge in [-0.2, -0.15) is 0 Å². The highest BCUT2D eigenvalue weighted by molar-refractivity contribution is 7.21. The lowest BCUT2D eigenvalue weighted by Crippen LogP contribution is -2.40. The zero-order valence-electron chi connectivity index (χ0n) is 24.5. The van der Waals surface area contributed by atoms with E-state index in [1.807, 2.05) is 51.1 Å². The summed E-state index contributed by atoms with van der Waals surface area (Å²) in [7, 11) is 1.50. The first-order valence-corrected chi connectivity index (χ1v) is 15.2. The number of nitrogens with zero attached hydrogens (tertiary/aromatic N) is 2. The van der Waals surface area contributed by atoms with Crippen molar-refractivity contribution in [1.29, 1.82) is 0 Å². The topological polar surface area (TPSA) is 68.5 Å². The third kappa shape index (κ3) is 7.68. The number of pyridine rings is 1. The minimum Gasteiger partial charge on any atom is -0.494 e. The molecule has 1 amide bonds. The van der Waals surface area contributed by atoms with Crippen molar-refractivity contribution in [3.63, 3.8) is 0 Å². The van der Waals surface area contributed by atoms with Crippen molar-refractivity contribution in [2.75, 3.05) is 13.7 Å². The molecule has 4 aromatic rings. The molecule has 2 aromatic heterocycles. The highest BCUT2D eigenvalue weighted by Gasteiger charge is 2.30. The molecule has 0 unspecified atom stereocenters. The second-order valence-corrected chi connectivity index (χ2v) is 11.3. The molecule has 0 bridgehead atoms. The molecule has 0 atom stereocenters. The first kappa shape index (κ1) is 32.1. The van der Waals surface area contributed by atoms with Gasteiger partial charge in [-0.25, -0.2) is 0 Å². The first-order chi connectivity index (χ1) is 19.9. The Bertz CT molecular complexity index is 1450.